The molecule has 0 saturated carbocycles. The van der Waals surface area contributed by atoms with Crippen LogP contribution < -0.4 is 15.4 Å². The van der Waals surface area contributed by atoms with Crippen LogP contribution in [0, 0.1) is 13.8 Å². The summed E-state index contributed by atoms with van der Waals surface area (Å²) in [4.78, 5) is 21.3. The number of nitrogens with one attached hydrogen (secondary N) is 2. The van der Waals surface area contributed by atoms with Crippen LogP contribution in [0.15, 0.2) is 54.9 Å². The third-order valence-corrected chi connectivity index (χ3v) is 4.79. The van der Waals surface area contributed by atoms with Gasteiger partial charge in [-0.05, 0) is 44.2 Å². The summed E-state index contributed by atoms with van der Waals surface area (Å²) in [6.07, 6.45) is 1.55. The molecule has 0 unspecified atom stereocenters. The van der Waals surface area contributed by atoms with Crippen LogP contribution in [0.4, 0.5) is 5.69 Å². The molecule has 0 aliphatic heterocycles. The molecule has 0 radical (unpaired) electrons. The monoisotopic (exact) mass is 420 g/mol. The number of rotatable bonds is 10. The number of nitrogens with zero attached hydrogens (tertiary/aromatic N) is 2. The Morgan fingerprint density at radius 2 is 1.68 bits per heavy atom. The number of anilines is 1. The zero-order chi connectivity index (χ0) is 22.1. The molecule has 1 aromatic heterocycles. The number of aromatic nitrogens is 2. The van der Waals surface area contributed by atoms with Crippen LogP contribution in [0.5, 0.6) is 5.75 Å². The zero-order valence-electron chi connectivity index (χ0n) is 18.1. The van der Waals surface area contributed by atoms with E-state index in [1.165, 1.54) is 0 Å². The lowest BCUT2D eigenvalue weighted by atomic mass is 10.0. The Kier molecular flexibility index (Phi) is 8.09. The van der Waals surface area contributed by atoms with Crippen molar-refractivity contribution in [2.24, 2.45) is 0 Å². The molecule has 0 fully saturated rings. The van der Waals surface area contributed by atoms with E-state index in [1.54, 1.807) is 25.6 Å². The van der Waals surface area contributed by atoms with Gasteiger partial charge in [-0.15, -0.1) is 0 Å². The van der Waals surface area contributed by atoms with Gasteiger partial charge in [-0.2, -0.15) is 0 Å². The van der Waals surface area contributed by atoms with Gasteiger partial charge in [-0.1, -0.05) is 18.2 Å². The van der Waals surface area contributed by atoms with Crippen LogP contribution in [-0.2, 0) is 4.74 Å². The van der Waals surface area contributed by atoms with Gasteiger partial charge in [0.2, 0.25) is 0 Å². The van der Waals surface area contributed by atoms with Crippen LogP contribution in [0.2, 0.25) is 0 Å². The van der Waals surface area contributed by atoms with Gasteiger partial charge in [-0.3, -0.25) is 4.79 Å². The molecule has 162 valence electrons. The first-order valence-corrected chi connectivity index (χ1v) is 10.2. The Labute approximate surface area is 182 Å². The smallest absolute Gasteiger partial charge is 0.255 e. The number of hydrogen-bond donors (Lipinski definition) is 2. The second-order valence-electron chi connectivity index (χ2n) is 7.04. The average Bonchev–Trinajstić information content (AvgIpc) is 2.78. The van der Waals surface area contributed by atoms with Gasteiger partial charge in [0.05, 0.1) is 6.61 Å². The van der Waals surface area contributed by atoms with E-state index >= 15 is 0 Å². The molecular weight excluding hydrogens is 392 g/mol. The van der Waals surface area contributed by atoms with Crippen molar-refractivity contribution in [3.8, 4) is 16.9 Å². The minimum absolute atomic E-state index is 0.166. The predicted octanol–water partition coefficient (Wildman–Crippen LogP) is 3.63. The Hall–Kier alpha value is -3.29. The van der Waals surface area contributed by atoms with Crippen molar-refractivity contribution >= 4 is 11.6 Å². The third-order valence-electron chi connectivity index (χ3n) is 4.79. The largest absolute Gasteiger partial charge is 0.492 e. The van der Waals surface area contributed by atoms with E-state index in [0.29, 0.717) is 36.8 Å². The second kappa shape index (κ2) is 11.2. The number of hydrogen-bond acceptors (Lipinski definition) is 6. The highest BCUT2D eigenvalue weighted by molar-refractivity contribution is 6.04. The highest BCUT2D eigenvalue weighted by Gasteiger charge is 2.15. The number of aryl methyl sites for hydroxylation is 2. The first-order chi connectivity index (χ1) is 15.1. The summed E-state index contributed by atoms with van der Waals surface area (Å²) in [6.45, 7) is 6.49. The van der Waals surface area contributed by atoms with Crippen molar-refractivity contribution in [2.75, 3.05) is 38.7 Å². The fourth-order valence-corrected chi connectivity index (χ4v) is 3.24. The van der Waals surface area contributed by atoms with Crippen LogP contribution in [0.1, 0.15) is 21.7 Å². The molecule has 7 nitrogen and oxygen atoms in total. The average molecular weight is 421 g/mol. The summed E-state index contributed by atoms with van der Waals surface area (Å²) < 4.78 is 11.1. The van der Waals surface area contributed by atoms with Crippen LogP contribution in [0.3, 0.4) is 0 Å². The van der Waals surface area contributed by atoms with Crippen molar-refractivity contribution in [2.45, 2.75) is 13.8 Å². The molecular formula is C24H28N4O3. The number of benzene rings is 2. The molecule has 0 aliphatic rings. The van der Waals surface area contributed by atoms with Crippen LogP contribution >= 0.6 is 0 Å². The Bertz CT molecular complexity index is 989. The molecule has 1 amide bonds. The minimum Gasteiger partial charge on any atom is -0.492 e. The molecule has 2 aromatic carbocycles. The lowest BCUT2D eigenvalue weighted by Gasteiger charge is -2.16. The molecule has 7 heteroatoms. The number of amides is 1. The lowest BCUT2D eigenvalue weighted by molar-refractivity contribution is 0.102. The van der Waals surface area contributed by atoms with Gasteiger partial charge in [0.25, 0.3) is 5.91 Å². The summed E-state index contributed by atoms with van der Waals surface area (Å²) in [5.41, 5.74) is 4.72. The highest BCUT2D eigenvalue weighted by atomic mass is 16.5. The molecule has 1 heterocycles. The SMILES string of the molecule is COCCNCCOc1ccc(NC(=O)c2ccccc2)cc1-c1c(C)ncnc1C. The summed E-state index contributed by atoms with van der Waals surface area (Å²) in [5, 5.41) is 6.23. The van der Waals surface area contributed by atoms with E-state index < -0.39 is 0 Å². The number of methoxy groups -OCH3 is 1. The maximum atomic E-state index is 12.6. The minimum atomic E-state index is -0.166. The molecule has 3 aromatic rings. The molecule has 0 atom stereocenters. The van der Waals surface area contributed by atoms with Gasteiger partial charge >= 0.3 is 0 Å². The van der Waals surface area contributed by atoms with Crippen molar-refractivity contribution in [1.82, 2.24) is 15.3 Å². The molecule has 0 aliphatic carbocycles. The van der Waals surface area contributed by atoms with Gasteiger partial charge in [0.15, 0.2) is 0 Å². The van der Waals surface area contributed by atoms with Crippen molar-refractivity contribution in [1.29, 1.82) is 0 Å². The van der Waals surface area contributed by atoms with Crippen LogP contribution in [-0.4, -0.2) is 49.3 Å². The first kappa shape index (κ1) is 22.4. The summed E-state index contributed by atoms with van der Waals surface area (Å²) in [6, 6.07) is 14.7. The van der Waals surface area contributed by atoms with E-state index in [4.69, 9.17) is 9.47 Å². The topological polar surface area (TPSA) is 85.4 Å². The van der Waals surface area contributed by atoms with E-state index in [1.807, 2.05) is 50.2 Å². The summed E-state index contributed by atoms with van der Waals surface area (Å²) in [7, 11) is 1.68. The quantitative estimate of drug-likeness (QED) is 0.487. The Morgan fingerprint density at radius 1 is 0.968 bits per heavy atom. The molecule has 0 spiro atoms. The summed E-state index contributed by atoms with van der Waals surface area (Å²) in [5.74, 6) is 0.549. The van der Waals surface area contributed by atoms with Crippen molar-refractivity contribution in [3.63, 3.8) is 0 Å². The number of ether oxygens (including phenoxy) is 2. The standard InChI is InChI=1S/C24H28N4O3/c1-17-23(18(2)27-16-26-17)21-15-20(28-24(29)19-7-5-4-6-8-19)9-10-22(21)31-14-12-25-11-13-30-3/h4-10,15-16,25H,11-14H2,1-3H3,(H,28,29). The van der Waals surface area contributed by atoms with E-state index in [2.05, 4.69) is 20.6 Å². The van der Waals surface area contributed by atoms with Crippen molar-refractivity contribution < 1.29 is 14.3 Å². The Morgan fingerprint density at radius 3 is 2.39 bits per heavy atom. The summed E-state index contributed by atoms with van der Waals surface area (Å²) >= 11 is 0. The van der Waals surface area contributed by atoms with E-state index in [-0.39, 0.29) is 5.91 Å². The van der Waals surface area contributed by atoms with E-state index in [9.17, 15) is 4.79 Å². The molecule has 0 bridgehead atoms. The normalized spacial score (nSPS) is 10.7. The zero-order valence-corrected chi connectivity index (χ0v) is 18.1. The lowest BCUT2D eigenvalue weighted by Crippen LogP contribution is -2.24. The highest BCUT2D eigenvalue weighted by Crippen LogP contribution is 2.35. The maximum absolute atomic E-state index is 12.6. The predicted molar refractivity (Wildman–Crippen MR) is 122 cm³/mol. The Balaban J connectivity index is 1.84. The molecule has 3 rings (SSSR count). The maximum Gasteiger partial charge on any atom is 0.255 e. The number of carbonyl (C=O) groups is 1. The number of carbonyl (C=O) groups excluding carboxylic acids is 1. The van der Waals surface area contributed by atoms with Gasteiger partial charge < -0.3 is 20.1 Å². The second-order valence-corrected chi connectivity index (χ2v) is 7.04. The van der Waals surface area contributed by atoms with Gasteiger partial charge in [-0.25, -0.2) is 9.97 Å². The molecule has 0 saturated heterocycles. The van der Waals surface area contributed by atoms with E-state index in [0.717, 1.165) is 29.1 Å². The third kappa shape index (κ3) is 6.10. The first-order valence-electron chi connectivity index (χ1n) is 10.2. The molecule has 2 N–H and O–H groups in total. The van der Waals surface area contributed by atoms with Gasteiger partial charge in [0.1, 0.15) is 18.7 Å². The fourth-order valence-electron chi connectivity index (χ4n) is 3.24. The molecule has 31 heavy (non-hydrogen) atoms. The van der Waals surface area contributed by atoms with Crippen LogP contribution in [0.25, 0.3) is 11.1 Å². The van der Waals surface area contributed by atoms with Gasteiger partial charge in [0, 0.05) is 54.0 Å². The fraction of sp³-hybridized carbons (Fsp3) is 0.292. The van der Waals surface area contributed by atoms with Crippen molar-refractivity contribution in [3.05, 3.63) is 71.8 Å².